The van der Waals surface area contributed by atoms with Crippen LogP contribution < -0.4 is 0 Å². The number of rotatable bonds is 5. The van der Waals surface area contributed by atoms with E-state index in [4.69, 9.17) is 0 Å². The largest absolute Gasteiger partial charge is 0.393 e. The predicted octanol–water partition coefficient (Wildman–Crippen LogP) is 4.14. The molecule has 2 aliphatic rings. The monoisotopic (exact) mass is 282 g/mol. The molecule has 118 valence electrons. The van der Waals surface area contributed by atoms with Gasteiger partial charge in [0, 0.05) is 0 Å². The zero-order valence-electron chi connectivity index (χ0n) is 13.9. The molecule has 0 unspecified atom stereocenters. The van der Waals surface area contributed by atoms with Gasteiger partial charge in [-0.15, -0.1) is 0 Å². The van der Waals surface area contributed by atoms with Crippen LogP contribution in [-0.2, 0) is 0 Å². The molecule has 2 heteroatoms. The lowest BCUT2D eigenvalue weighted by Gasteiger charge is -2.44. The first-order valence-electron chi connectivity index (χ1n) is 8.63. The molecule has 0 spiro atoms. The molecular weight excluding hydrogens is 248 g/mol. The van der Waals surface area contributed by atoms with Gasteiger partial charge in [0.25, 0.3) is 0 Å². The molecule has 0 bridgehead atoms. The van der Waals surface area contributed by atoms with Crippen molar-refractivity contribution in [3.8, 4) is 0 Å². The van der Waals surface area contributed by atoms with E-state index in [2.05, 4.69) is 13.8 Å². The van der Waals surface area contributed by atoms with Crippen molar-refractivity contribution in [1.29, 1.82) is 0 Å². The normalized spacial score (nSPS) is 39.6. The van der Waals surface area contributed by atoms with Gasteiger partial charge in [-0.3, -0.25) is 0 Å². The SMILES string of the molecule is C[C@H](CCCC(C)(C)O)[C@H]1CC[C@H]2C[C@H](O)CC[C@@]21C. The highest BCUT2D eigenvalue weighted by molar-refractivity contribution is 5.00. The first kappa shape index (κ1) is 16.3. The molecule has 0 aromatic heterocycles. The molecule has 0 saturated heterocycles. The van der Waals surface area contributed by atoms with Crippen LogP contribution in [0.15, 0.2) is 0 Å². The highest BCUT2D eigenvalue weighted by Gasteiger charge is 2.50. The Hall–Kier alpha value is -0.0800. The quantitative estimate of drug-likeness (QED) is 0.795. The van der Waals surface area contributed by atoms with Gasteiger partial charge in [-0.2, -0.15) is 0 Å². The minimum Gasteiger partial charge on any atom is -0.393 e. The molecule has 2 saturated carbocycles. The summed E-state index contributed by atoms with van der Waals surface area (Å²) in [6, 6.07) is 0. The van der Waals surface area contributed by atoms with Crippen molar-refractivity contribution in [2.24, 2.45) is 23.2 Å². The number of hydrogen-bond donors (Lipinski definition) is 2. The van der Waals surface area contributed by atoms with Crippen molar-refractivity contribution in [1.82, 2.24) is 0 Å². The molecule has 2 N–H and O–H groups in total. The van der Waals surface area contributed by atoms with E-state index in [-0.39, 0.29) is 6.10 Å². The zero-order valence-corrected chi connectivity index (χ0v) is 13.9. The number of fused-ring (bicyclic) bond motifs is 1. The van der Waals surface area contributed by atoms with E-state index < -0.39 is 5.60 Å². The van der Waals surface area contributed by atoms with E-state index in [9.17, 15) is 10.2 Å². The van der Waals surface area contributed by atoms with E-state index in [1.807, 2.05) is 13.8 Å². The highest BCUT2D eigenvalue weighted by atomic mass is 16.3. The van der Waals surface area contributed by atoms with Crippen molar-refractivity contribution in [2.75, 3.05) is 0 Å². The van der Waals surface area contributed by atoms with Crippen LogP contribution >= 0.6 is 0 Å². The molecule has 0 aliphatic heterocycles. The van der Waals surface area contributed by atoms with E-state index >= 15 is 0 Å². The lowest BCUT2D eigenvalue weighted by atomic mass is 9.61. The van der Waals surface area contributed by atoms with Gasteiger partial charge >= 0.3 is 0 Å². The van der Waals surface area contributed by atoms with E-state index in [0.29, 0.717) is 5.41 Å². The molecule has 0 aromatic rings. The summed E-state index contributed by atoms with van der Waals surface area (Å²) in [7, 11) is 0. The second kappa shape index (κ2) is 5.96. The van der Waals surface area contributed by atoms with Crippen molar-refractivity contribution in [3.05, 3.63) is 0 Å². The van der Waals surface area contributed by atoms with Crippen LogP contribution in [-0.4, -0.2) is 21.9 Å². The second-order valence-corrected chi connectivity index (χ2v) is 8.50. The zero-order chi connectivity index (χ0) is 15.0. The van der Waals surface area contributed by atoms with Gasteiger partial charge < -0.3 is 10.2 Å². The third kappa shape index (κ3) is 3.57. The first-order chi connectivity index (χ1) is 9.22. The summed E-state index contributed by atoms with van der Waals surface area (Å²) in [6.45, 7) is 8.71. The summed E-state index contributed by atoms with van der Waals surface area (Å²) in [5.41, 5.74) is -0.0514. The summed E-state index contributed by atoms with van der Waals surface area (Å²) < 4.78 is 0. The summed E-state index contributed by atoms with van der Waals surface area (Å²) in [6.07, 6.45) is 9.12. The standard InChI is InChI=1S/C18H34O2/c1-13(6-5-10-17(2,3)20)16-8-7-14-12-15(19)9-11-18(14,16)4/h13-16,19-20H,5-12H2,1-4H3/t13-,14+,15-,16-,18+/m1/s1. The Labute approximate surface area is 125 Å². The Balaban J connectivity index is 1.89. The van der Waals surface area contributed by atoms with Gasteiger partial charge in [-0.25, -0.2) is 0 Å². The smallest absolute Gasteiger partial charge is 0.0591 e. The van der Waals surface area contributed by atoms with Gasteiger partial charge in [0.15, 0.2) is 0 Å². The van der Waals surface area contributed by atoms with E-state index in [0.717, 1.165) is 43.4 Å². The van der Waals surface area contributed by atoms with Crippen LogP contribution in [0.4, 0.5) is 0 Å². The van der Waals surface area contributed by atoms with Crippen LogP contribution in [0.3, 0.4) is 0 Å². The fraction of sp³-hybridized carbons (Fsp3) is 1.00. The molecular formula is C18H34O2. The van der Waals surface area contributed by atoms with Crippen molar-refractivity contribution >= 4 is 0 Å². The van der Waals surface area contributed by atoms with Crippen molar-refractivity contribution in [2.45, 2.75) is 90.8 Å². The van der Waals surface area contributed by atoms with Crippen molar-refractivity contribution < 1.29 is 10.2 Å². The minimum atomic E-state index is -0.517. The fourth-order valence-electron chi connectivity index (χ4n) is 5.04. The van der Waals surface area contributed by atoms with Crippen molar-refractivity contribution in [3.63, 3.8) is 0 Å². The molecule has 20 heavy (non-hydrogen) atoms. The third-order valence-corrected chi connectivity index (χ3v) is 6.31. The molecule has 2 aliphatic carbocycles. The van der Waals surface area contributed by atoms with Gasteiger partial charge in [-0.1, -0.05) is 26.7 Å². The van der Waals surface area contributed by atoms with Gasteiger partial charge in [-0.05, 0) is 75.5 Å². The summed E-state index contributed by atoms with van der Waals surface area (Å²) in [4.78, 5) is 0. The van der Waals surface area contributed by atoms with E-state index in [1.54, 1.807) is 0 Å². The highest BCUT2D eigenvalue weighted by Crippen LogP contribution is 2.58. The predicted molar refractivity (Wildman–Crippen MR) is 83.5 cm³/mol. The van der Waals surface area contributed by atoms with E-state index in [1.165, 1.54) is 25.7 Å². The Morgan fingerprint density at radius 3 is 2.60 bits per heavy atom. The van der Waals surface area contributed by atoms with Crippen LogP contribution in [0.1, 0.15) is 79.1 Å². The average Bonchev–Trinajstić information content (AvgIpc) is 2.65. The topological polar surface area (TPSA) is 40.5 Å². The van der Waals surface area contributed by atoms with Crippen LogP contribution in [0.2, 0.25) is 0 Å². The molecule has 5 atom stereocenters. The molecule has 2 fully saturated rings. The van der Waals surface area contributed by atoms with Gasteiger partial charge in [0.2, 0.25) is 0 Å². The molecule has 0 heterocycles. The number of hydrogen-bond acceptors (Lipinski definition) is 2. The third-order valence-electron chi connectivity index (χ3n) is 6.31. The first-order valence-corrected chi connectivity index (χ1v) is 8.63. The second-order valence-electron chi connectivity index (χ2n) is 8.50. The van der Waals surface area contributed by atoms with Crippen LogP contribution in [0.5, 0.6) is 0 Å². The maximum atomic E-state index is 9.90. The lowest BCUT2D eigenvalue weighted by molar-refractivity contribution is -0.000380. The number of aliphatic hydroxyl groups excluding tert-OH is 1. The number of aliphatic hydroxyl groups is 2. The minimum absolute atomic E-state index is 0.0441. The Morgan fingerprint density at radius 2 is 1.95 bits per heavy atom. The van der Waals surface area contributed by atoms with Gasteiger partial charge in [0.05, 0.1) is 11.7 Å². The molecule has 0 amide bonds. The van der Waals surface area contributed by atoms with Gasteiger partial charge in [0.1, 0.15) is 0 Å². The maximum Gasteiger partial charge on any atom is 0.0591 e. The molecule has 0 aromatic carbocycles. The van der Waals surface area contributed by atoms with Crippen LogP contribution in [0, 0.1) is 23.2 Å². The molecule has 2 rings (SSSR count). The summed E-state index contributed by atoms with van der Waals surface area (Å²) >= 11 is 0. The Morgan fingerprint density at radius 1 is 1.25 bits per heavy atom. The Kier molecular flexibility index (Phi) is 4.86. The lowest BCUT2D eigenvalue weighted by Crippen LogP contribution is -2.38. The maximum absolute atomic E-state index is 9.90. The average molecular weight is 282 g/mol. The summed E-state index contributed by atoms with van der Waals surface area (Å²) in [5, 5.41) is 19.7. The molecule has 2 nitrogen and oxygen atoms in total. The fourth-order valence-corrected chi connectivity index (χ4v) is 5.04. The van der Waals surface area contributed by atoms with Crippen LogP contribution in [0.25, 0.3) is 0 Å². The molecule has 0 radical (unpaired) electrons. The summed E-state index contributed by atoms with van der Waals surface area (Å²) in [5.74, 6) is 2.32. The Bertz CT molecular complexity index is 320.